The number of benzene rings is 7. The van der Waals surface area contributed by atoms with Gasteiger partial charge in [-0.25, -0.2) is 0 Å². The van der Waals surface area contributed by atoms with Gasteiger partial charge in [-0.3, -0.25) is 0 Å². The SMILES string of the molecule is CC1(C)c2ccccc2Sc2cc3c(cc21)-c1c2c(cc4ccccc14)N1c4ccccc4[Si](C)(C)c4cccc(c41)B2N3c1ccccc1. The molecule has 4 aliphatic heterocycles. The van der Waals surface area contributed by atoms with Crippen LogP contribution < -0.4 is 31.0 Å². The topological polar surface area (TPSA) is 6.48 Å². The molecule has 0 radical (unpaired) electrons. The number of nitrogens with zero attached hydrogens (tertiary/aromatic N) is 2. The second-order valence-electron chi connectivity index (χ2n) is 15.3. The molecule has 0 aliphatic carbocycles. The fraction of sp³-hybridized carbons (Fsp3) is 0.111. The molecular formula is C45H35BN2SSi. The van der Waals surface area contributed by atoms with Crippen LogP contribution in [0.1, 0.15) is 25.0 Å². The summed E-state index contributed by atoms with van der Waals surface area (Å²) < 4.78 is 0. The molecule has 0 bridgehead atoms. The molecule has 0 saturated heterocycles. The second-order valence-corrected chi connectivity index (χ2v) is 20.7. The molecule has 0 saturated carbocycles. The maximum atomic E-state index is 2.67. The van der Waals surface area contributed by atoms with Crippen LogP contribution in [0, 0.1) is 0 Å². The summed E-state index contributed by atoms with van der Waals surface area (Å²) >= 11 is 1.93. The van der Waals surface area contributed by atoms with Gasteiger partial charge in [-0.2, -0.15) is 0 Å². The zero-order valence-electron chi connectivity index (χ0n) is 28.7. The van der Waals surface area contributed by atoms with E-state index in [2.05, 4.69) is 176 Å². The summed E-state index contributed by atoms with van der Waals surface area (Å²) in [6.45, 7) is 9.91. The quantitative estimate of drug-likeness (QED) is 0.160. The molecule has 4 heterocycles. The van der Waals surface area contributed by atoms with Crippen molar-refractivity contribution in [2.24, 2.45) is 0 Å². The Kier molecular flexibility index (Phi) is 5.67. The van der Waals surface area contributed by atoms with E-state index in [-0.39, 0.29) is 12.3 Å². The summed E-state index contributed by atoms with van der Waals surface area (Å²) in [6.07, 6.45) is 0. The van der Waals surface area contributed by atoms with Crippen molar-refractivity contribution in [1.29, 1.82) is 0 Å². The first-order valence-corrected chi connectivity index (χ1v) is 21.5. The third-order valence-electron chi connectivity index (χ3n) is 12.0. The van der Waals surface area contributed by atoms with E-state index in [0.717, 1.165) is 0 Å². The van der Waals surface area contributed by atoms with Gasteiger partial charge in [-0.15, -0.1) is 0 Å². The first kappa shape index (κ1) is 28.8. The molecule has 0 atom stereocenters. The number of hydrogen-bond acceptors (Lipinski definition) is 3. The van der Waals surface area contributed by atoms with Crippen LogP contribution in [0.15, 0.2) is 149 Å². The van der Waals surface area contributed by atoms with E-state index in [1.54, 1.807) is 0 Å². The van der Waals surface area contributed by atoms with Crippen molar-refractivity contribution < 1.29 is 0 Å². The fourth-order valence-electron chi connectivity index (χ4n) is 9.67. The Morgan fingerprint density at radius 2 is 1.36 bits per heavy atom. The number of para-hydroxylation sites is 3. The van der Waals surface area contributed by atoms with Crippen LogP contribution in [-0.2, 0) is 5.41 Å². The van der Waals surface area contributed by atoms with Crippen LogP contribution in [0.4, 0.5) is 28.4 Å². The minimum absolute atomic E-state index is 0.0210. The summed E-state index contributed by atoms with van der Waals surface area (Å²) in [5.74, 6) is 0. The van der Waals surface area contributed by atoms with Crippen molar-refractivity contribution in [2.45, 2.75) is 42.1 Å². The lowest BCUT2D eigenvalue weighted by Crippen LogP contribution is -2.67. The molecule has 0 N–H and O–H groups in total. The smallest absolute Gasteiger partial charge is 0.333 e. The number of fused-ring (bicyclic) bond motifs is 10. The predicted octanol–water partition coefficient (Wildman–Crippen LogP) is 9.47. The first-order chi connectivity index (χ1) is 24.3. The lowest BCUT2D eigenvalue weighted by atomic mass is 9.43. The number of hydrogen-bond donors (Lipinski definition) is 0. The monoisotopic (exact) mass is 674 g/mol. The van der Waals surface area contributed by atoms with Crippen LogP contribution in [-0.4, -0.2) is 14.9 Å². The molecule has 0 spiro atoms. The van der Waals surface area contributed by atoms with E-state index in [4.69, 9.17) is 0 Å². The Morgan fingerprint density at radius 3 is 2.24 bits per heavy atom. The largest absolute Gasteiger partial charge is 0.376 e. The van der Waals surface area contributed by atoms with Gasteiger partial charge in [-0.1, -0.05) is 136 Å². The molecule has 0 amide bonds. The minimum atomic E-state index is -2.01. The molecule has 2 nitrogen and oxygen atoms in total. The van der Waals surface area contributed by atoms with Gasteiger partial charge >= 0.3 is 6.85 Å². The highest BCUT2D eigenvalue weighted by Crippen LogP contribution is 2.55. The van der Waals surface area contributed by atoms with Crippen molar-refractivity contribution in [3.05, 3.63) is 151 Å². The van der Waals surface area contributed by atoms with Gasteiger partial charge in [0.2, 0.25) is 0 Å². The Morgan fingerprint density at radius 1 is 0.620 bits per heavy atom. The molecule has 11 rings (SSSR count). The lowest BCUT2D eigenvalue weighted by molar-refractivity contribution is 0.608. The number of anilines is 5. The van der Waals surface area contributed by atoms with Crippen molar-refractivity contribution in [3.8, 4) is 11.1 Å². The lowest BCUT2D eigenvalue weighted by Gasteiger charge is -2.50. The summed E-state index contributed by atoms with van der Waals surface area (Å²) in [7, 11) is -2.01. The van der Waals surface area contributed by atoms with Crippen molar-refractivity contribution in [2.75, 3.05) is 9.71 Å². The zero-order chi connectivity index (χ0) is 33.5. The Hall–Kier alpha value is -4.97. The maximum Gasteiger partial charge on any atom is 0.333 e. The Balaban J connectivity index is 1.31. The van der Waals surface area contributed by atoms with Crippen LogP contribution in [0.5, 0.6) is 0 Å². The van der Waals surface area contributed by atoms with E-state index in [1.807, 2.05) is 11.8 Å². The third kappa shape index (κ3) is 3.56. The van der Waals surface area contributed by atoms with E-state index in [1.165, 1.54) is 92.6 Å². The summed E-state index contributed by atoms with van der Waals surface area (Å²) in [4.78, 5) is 8.03. The molecule has 0 aromatic heterocycles. The van der Waals surface area contributed by atoms with Gasteiger partial charge in [0.1, 0.15) is 8.07 Å². The van der Waals surface area contributed by atoms with E-state index in [0.29, 0.717) is 0 Å². The summed E-state index contributed by atoms with van der Waals surface area (Å²) in [5.41, 5.74) is 14.7. The van der Waals surface area contributed by atoms with Crippen molar-refractivity contribution in [3.63, 3.8) is 0 Å². The summed E-state index contributed by atoms with van der Waals surface area (Å²) in [6, 6.07) is 53.2. The molecule has 4 aliphatic rings. The predicted molar refractivity (Wildman–Crippen MR) is 217 cm³/mol. The number of rotatable bonds is 1. The minimum Gasteiger partial charge on any atom is -0.376 e. The molecule has 7 aromatic rings. The highest BCUT2D eigenvalue weighted by atomic mass is 32.2. The van der Waals surface area contributed by atoms with E-state index >= 15 is 0 Å². The van der Waals surface area contributed by atoms with Gasteiger partial charge in [0, 0.05) is 49.2 Å². The van der Waals surface area contributed by atoms with Crippen LogP contribution in [0.25, 0.3) is 21.9 Å². The first-order valence-electron chi connectivity index (χ1n) is 17.7. The van der Waals surface area contributed by atoms with Gasteiger partial charge in [0.25, 0.3) is 0 Å². The van der Waals surface area contributed by atoms with Gasteiger partial charge in [0.05, 0.1) is 0 Å². The van der Waals surface area contributed by atoms with E-state index in [9.17, 15) is 0 Å². The van der Waals surface area contributed by atoms with Crippen LogP contribution in [0.3, 0.4) is 0 Å². The van der Waals surface area contributed by atoms with Crippen LogP contribution in [0.2, 0.25) is 13.1 Å². The standard InChI is InChI=1S/C45H35BN2SSi/c1-45(2)32-19-10-12-22-38(32)49-39-27-36-31(26-33(39)45)42-30-18-9-8-15-28(30)25-37-43(42)46(48(36)29-16-6-5-7-17-29)34-20-14-24-41-44(34)47(37)35-21-11-13-23-40(35)50(41,3)4/h5-27H,1-4H3. The summed E-state index contributed by atoms with van der Waals surface area (Å²) in [5, 5.41) is 5.64. The van der Waals surface area contributed by atoms with Gasteiger partial charge in [-0.05, 0) is 91.2 Å². The Labute approximate surface area is 299 Å². The highest BCUT2D eigenvalue weighted by Gasteiger charge is 2.50. The van der Waals surface area contributed by atoms with Gasteiger partial charge < -0.3 is 9.71 Å². The van der Waals surface area contributed by atoms with E-state index < -0.39 is 8.07 Å². The zero-order valence-corrected chi connectivity index (χ0v) is 30.5. The maximum absolute atomic E-state index is 2.67. The fourth-order valence-corrected chi connectivity index (χ4v) is 14.1. The molecule has 238 valence electrons. The van der Waals surface area contributed by atoms with Crippen molar-refractivity contribution >= 4 is 87.2 Å². The molecular weight excluding hydrogens is 639 g/mol. The second kappa shape index (κ2) is 9.84. The molecule has 7 aromatic carbocycles. The Bertz CT molecular complexity index is 2610. The van der Waals surface area contributed by atoms with Gasteiger partial charge in [0.15, 0.2) is 0 Å². The molecule has 5 heteroatoms. The molecule has 50 heavy (non-hydrogen) atoms. The normalized spacial score (nSPS) is 16.5. The highest BCUT2D eigenvalue weighted by molar-refractivity contribution is 7.99. The van der Waals surface area contributed by atoms with Crippen LogP contribution >= 0.6 is 11.8 Å². The molecule has 0 unspecified atom stereocenters. The van der Waals surface area contributed by atoms with Crippen molar-refractivity contribution in [1.82, 2.24) is 0 Å². The third-order valence-corrected chi connectivity index (χ3v) is 16.7. The average molecular weight is 675 g/mol. The average Bonchev–Trinajstić information content (AvgIpc) is 3.14. The molecule has 0 fully saturated rings.